The molecular formula is C13H9FN4O2. The quantitative estimate of drug-likeness (QED) is 0.745. The first-order valence-electron chi connectivity index (χ1n) is 5.70. The van der Waals surface area contributed by atoms with E-state index < -0.39 is 11.7 Å². The number of nitrogens with one attached hydrogen (secondary N) is 1. The maximum atomic E-state index is 13.2. The van der Waals surface area contributed by atoms with E-state index in [-0.39, 0.29) is 17.1 Å². The van der Waals surface area contributed by atoms with Crippen LogP contribution < -0.4 is 11.1 Å². The number of aromatic nitrogens is 2. The highest BCUT2D eigenvalue weighted by Crippen LogP contribution is 2.27. The Morgan fingerprint density at radius 1 is 1.35 bits per heavy atom. The predicted octanol–water partition coefficient (Wildman–Crippen LogP) is 2.20. The van der Waals surface area contributed by atoms with Gasteiger partial charge in [-0.3, -0.25) is 9.78 Å². The van der Waals surface area contributed by atoms with E-state index in [2.05, 4.69) is 20.0 Å². The number of benzene rings is 1. The van der Waals surface area contributed by atoms with Gasteiger partial charge >= 0.3 is 0 Å². The van der Waals surface area contributed by atoms with Crippen LogP contribution in [0.5, 0.6) is 0 Å². The highest BCUT2D eigenvalue weighted by atomic mass is 19.1. The number of carbonyl (C=O) groups excluding carboxylic acids is 1. The molecule has 0 radical (unpaired) electrons. The van der Waals surface area contributed by atoms with Crippen LogP contribution in [0, 0.1) is 5.82 Å². The van der Waals surface area contributed by atoms with Crippen molar-refractivity contribution in [3.8, 4) is 0 Å². The van der Waals surface area contributed by atoms with E-state index in [1.165, 1.54) is 36.7 Å². The molecule has 3 rings (SSSR count). The van der Waals surface area contributed by atoms with E-state index in [1.54, 1.807) is 0 Å². The maximum Gasteiger partial charge on any atom is 0.277 e. The van der Waals surface area contributed by atoms with Crippen molar-refractivity contribution in [1.29, 1.82) is 0 Å². The molecule has 0 saturated carbocycles. The molecule has 7 heteroatoms. The fraction of sp³-hybridized carbons (Fsp3) is 0. The van der Waals surface area contributed by atoms with Gasteiger partial charge in [0.1, 0.15) is 12.1 Å². The summed E-state index contributed by atoms with van der Waals surface area (Å²) in [5.74, 6) is -0.908. The lowest BCUT2D eigenvalue weighted by Gasteiger charge is -2.09. The topological polar surface area (TPSA) is 94.0 Å². The highest BCUT2D eigenvalue weighted by Gasteiger charge is 2.13. The van der Waals surface area contributed by atoms with Crippen LogP contribution in [0.3, 0.4) is 0 Å². The predicted molar refractivity (Wildman–Crippen MR) is 70.6 cm³/mol. The first-order valence-corrected chi connectivity index (χ1v) is 5.70. The molecule has 20 heavy (non-hydrogen) atoms. The smallest absolute Gasteiger partial charge is 0.277 e. The molecule has 0 aliphatic heterocycles. The zero-order valence-corrected chi connectivity index (χ0v) is 10.1. The molecule has 0 unspecified atom stereocenters. The third-order valence-electron chi connectivity index (χ3n) is 2.79. The van der Waals surface area contributed by atoms with Crippen LogP contribution in [-0.2, 0) is 0 Å². The van der Waals surface area contributed by atoms with Gasteiger partial charge in [-0.15, -0.1) is 0 Å². The van der Waals surface area contributed by atoms with Gasteiger partial charge in [-0.05, 0) is 18.2 Å². The second-order valence-electron chi connectivity index (χ2n) is 4.09. The summed E-state index contributed by atoms with van der Waals surface area (Å²) in [5.41, 5.74) is 7.11. The number of hydrogen-bond acceptors (Lipinski definition) is 5. The normalized spacial score (nSPS) is 10.7. The van der Waals surface area contributed by atoms with E-state index in [0.29, 0.717) is 10.9 Å². The van der Waals surface area contributed by atoms with E-state index in [4.69, 9.17) is 5.73 Å². The summed E-state index contributed by atoms with van der Waals surface area (Å²) in [5, 5.41) is 6.50. The van der Waals surface area contributed by atoms with Gasteiger partial charge in [-0.1, -0.05) is 5.16 Å². The lowest BCUT2D eigenvalue weighted by Crippen LogP contribution is -2.14. The second kappa shape index (κ2) is 4.61. The number of pyridine rings is 1. The average Bonchev–Trinajstić information content (AvgIpc) is 2.96. The molecule has 0 bridgehead atoms. The number of amides is 1. The zero-order chi connectivity index (χ0) is 14.1. The van der Waals surface area contributed by atoms with Crippen molar-refractivity contribution < 1.29 is 13.7 Å². The molecule has 6 nitrogen and oxygen atoms in total. The number of nitrogens with zero attached hydrogens (tertiary/aromatic N) is 2. The minimum Gasteiger partial charge on any atom is -0.396 e. The molecule has 1 amide bonds. The van der Waals surface area contributed by atoms with Gasteiger partial charge in [0.25, 0.3) is 5.91 Å². The fourth-order valence-corrected chi connectivity index (χ4v) is 1.80. The fourth-order valence-electron chi connectivity index (χ4n) is 1.80. The molecule has 2 aromatic heterocycles. The van der Waals surface area contributed by atoms with Crippen molar-refractivity contribution in [1.82, 2.24) is 10.1 Å². The third-order valence-corrected chi connectivity index (χ3v) is 2.79. The van der Waals surface area contributed by atoms with Gasteiger partial charge in [0.15, 0.2) is 5.69 Å². The van der Waals surface area contributed by atoms with Crippen LogP contribution in [0.1, 0.15) is 10.5 Å². The van der Waals surface area contributed by atoms with Crippen molar-refractivity contribution in [2.45, 2.75) is 0 Å². The summed E-state index contributed by atoms with van der Waals surface area (Å²) < 4.78 is 17.8. The summed E-state index contributed by atoms with van der Waals surface area (Å²) in [6, 6.07) is 5.50. The van der Waals surface area contributed by atoms with E-state index in [0.717, 1.165) is 0 Å². The Balaban J connectivity index is 2.00. The van der Waals surface area contributed by atoms with Crippen molar-refractivity contribution in [3.05, 3.63) is 48.2 Å². The summed E-state index contributed by atoms with van der Waals surface area (Å²) >= 11 is 0. The molecule has 100 valence electrons. The lowest BCUT2D eigenvalue weighted by atomic mass is 10.1. The molecule has 0 fully saturated rings. The Labute approximate surface area is 112 Å². The molecule has 3 aromatic rings. The molecule has 1 aromatic carbocycles. The minimum absolute atomic E-state index is 0.115. The van der Waals surface area contributed by atoms with Gasteiger partial charge in [0, 0.05) is 11.5 Å². The number of nitrogen functional groups attached to an aromatic ring is 1. The summed E-state index contributed by atoms with van der Waals surface area (Å²) in [4.78, 5) is 16.0. The van der Waals surface area contributed by atoms with E-state index >= 15 is 0 Å². The minimum atomic E-state index is -0.483. The van der Waals surface area contributed by atoms with Gasteiger partial charge in [0.05, 0.1) is 23.1 Å². The number of rotatable bonds is 2. The molecule has 3 N–H and O–H groups in total. The number of anilines is 2. The van der Waals surface area contributed by atoms with Gasteiger partial charge in [-0.25, -0.2) is 4.39 Å². The molecule has 0 saturated heterocycles. The van der Waals surface area contributed by atoms with Crippen molar-refractivity contribution in [3.63, 3.8) is 0 Å². The summed E-state index contributed by atoms with van der Waals surface area (Å²) in [7, 11) is 0. The molecular weight excluding hydrogens is 263 g/mol. The monoisotopic (exact) mass is 272 g/mol. The van der Waals surface area contributed by atoms with Crippen molar-refractivity contribution >= 4 is 28.2 Å². The van der Waals surface area contributed by atoms with E-state index in [1.807, 2.05) is 0 Å². The molecule has 0 atom stereocenters. The average molecular weight is 272 g/mol. The van der Waals surface area contributed by atoms with Gasteiger partial charge in [-0.2, -0.15) is 0 Å². The van der Waals surface area contributed by atoms with Crippen LogP contribution in [0.2, 0.25) is 0 Å². The highest BCUT2D eigenvalue weighted by molar-refractivity contribution is 6.07. The third kappa shape index (κ3) is 2.05. The van der Waals surface area contributed by atoms with Crippen molar-refractivity contribution in [2.24, 2.45) is 0 Å². The Morgan fingerprint density at radius 3 is 2.95 bits per heavy atom. The Bertz CT molecular complexity index is 786. The lowest BCUT2D eigenvalue weighted by molar-refractivity contribution is 0.101. The first kappa shape index (κ1) is 12.1. The Kier molecular flexibility index (Phi) is 2.79. The Hall–Kier alpha value is -2.96. The second-order valence-corrected chi connectivity index (χ2v) is 4.09. The largest absolute Gasteiger partial charge is 0.396 e. The molecule has 0 aliphatic carbocycles. The Morgan fingerprint density at radius 2 is 2.20 bits per heavy atom. The number of carbonyl (C=O) groups is 1. The van der Waals surface area contributed by atoms with Crippen LogP contribution >= 0.6 is 0 Å². The zero-order valence-electron chi connectivity index (χ0n) is 10.1. The van der Waals surface area contributed by atoms with Gasteiger partial charge < -0.3 is 15.6 Å². The van der Waals surface area contributed by atoms with Crippen LogP contribution in [0.4, 0.5) is 15.8 Å². The van der Waals surface area contributed by atoms with Gasteiger partial charge in [0.2, 0.25) is 0 Å². The molecule has 2 heterocycles. The van der Waals surface area contributed by atoms with E-state index in [9.17, 15) is 9.18 Å². The van der Waals surface area contributed by atoms with Crippen molar-refractivity contribution in [2.75, 3.05) is 11.1 Å². The number of fused-ring (bicyclic) bond motifs is 1. The number of hydrogen-bond donors (Lipinski definition) is 2. The number of nitrogens with two attached hydrogens (primary N) is 1. The summed E-state index contributed by atoms with van der Waals surface area (Å²) in [6.45, 7) is 0. The summed E-state index contributed by atoms with van der Waals surface area (Å²) in [6.07, 6.45) is 2.69. The SMILES string of the molecule is Nc1c(NC(=O)c2ccon2)cnc2ccc(F)cc12. The molecule has 0 aliphatic rings. The number of halogens is 1. The maximum absolute atomic E-state index is 13.2. The van der Waals surface area contributed by atoms with Crippen LogP contribution in [-0.4, -0.2) is 16.0 Å². The standard InChI is InChI=1S/C13H9FN4O2/c14-7-1-2-9-8(5-7)12(15)11(6-16-9)17-13(19)10-3-4-20-18-10/h1-6H,(H2,15,16)(H,17,19). The van der Waals surface area contributed by atoms with Crippen LogP contribution in [0.15, 0.2) is 41.2 Å². The van der Waals surface area contributed by atoms with Crippen LogP contribution in [0.25, 0.3) is 10.9 Å². The molecule has 0 spiro atoms. The first-order chi connectivity index (χ1) is 9.65.